The summed E-state index contributed by atoms with van der Waals surface area (Å²) in [6.07, 6.45) is 7.16. The number of nitrogens with zero attached hydrogens (tertiary/aromatic N) is 2. The van der Waals surface area contributed by atoms with Crippen molar-refractivity contribution in [1.29, 1.82) is 0 Å². The number of hydrogen-bond donors (Lipinski definition) is 1. The summed E-state index contributed by atoms with van der Waals surface area (Å²) in [5.74, 6) is 0.584. The van der Waals surface area contributed by atoms with Gasteiger partial charge in [-0.3, -0.25) is 4.72 Å². The summed E-state index contributed by atoms with van der Waals surface area (Å²) in [7, 11) is 0. The van der Waals surface area contributed by atoms with Crippen LogP contribution in [0.4, 0.5) is 4.39 Å². The lowest BCUT2D eigenvalue weighted by molar-refractivity contribution is 0.290. The lowest BCUT2D eigenvalue weighted by Gasteiger charge is -2.17. The SMILES string of the molecule is CC(COc1ccc2c(cnn2-c2ccc(F)cc2)c1)NSC1CCCC1.c1ccccc1. The molecule has 4 aromatic rings. The molecule has 1 fully saturated rings. The molecule has 1 aromatic heterocycles. The Labute approximate surface area is 199 Å². The minimum atomic E-state index is -0.250. The van der Waals surface area contributed by atoms with Gasteiger partial charge in [0.25, 0.3) is 0 Å². The van der Waals surface area contributed by atoms with Crippen LogP contribution in [-0.2, 0) is 0 Å². The Morgan fingerprint density at radius 1 is 1.03 bits per heavy atom. The van der Waals surface area contributed by atoms with Gasteiger partial charge in [-0.05, 0) is 62.2 Å². The first-order chi connectivity index (χ1) is 16.2. The number of ether oxygens (including phenoxy) is 1. The number of rotatable bonds is 7. The van der Waals surface area contributed by atoms with Crippen LogP contribution in [0.3, 0.4) is 0 Å². The van der Waals surface area contributed by atoms with Crippen LogP contribution in [0, 0.1) is 5.82 Å². The Hall–Kier alpha value is -2.83. The van der Waals surface area contributed by atoms with Crippen LogP contribution in [0.1, 0.15) is 32.6 Å². The van der Waals surface area contributed by atoms with E-state index in [4.69, 9.17) is 4.74 Å². The Bertz CT molecular complexity index is 1080. The van der Waals surface area contributed by atoms with E-state index in [0.29, 0.717) is 6.61 Å². The number of benzene rings is 3. The van der Waals surface area contributed by atoms with Crippen molar-refractivity contribution in [3.05, 3.63) is 90.9 Å². The fraction of sp³-hybridized carbons (Fsp3) is 0.296. The first-order valence-corrected chi connectivity index (χ1v) is 12.3. The highest BCUT2D eigenvalue weighted by molar-refractivity contribution is 7.98. The van der Waals surface area contributed by atoms with E-state index in [-0.39, 0.29) is 11.9 Å². The maximum Gasteiger partial charge on any atom is 0.123 e. The van der Waals surface area contributed by atoms with Crippen molar-refractivity contribution in [3.8, 4) is 11.4 Å². The van der Waals surface area contributed by atoms with Crippen LogP contribution < -0.4 is 9.46 Å². The molecule has 1 heterocycles. The molecule has 0 bridgehead atoms. The van der Waals surface area contributed by atoms with Crippen molar-refractivity contribution in [2.45, 2.75) is 43.9 Å². The van der Waals surface area contributed by atoms with Crippen LogP contribution in [0.5, 0.6) is 5.75 Å². The minimum absolute atomic E-state index is 0.250. The molecule has 1 atom stereocenters. The van der Waals surface area contributed by atoms with Gasteiger partial charge in [-0.15, -0.1) is 0 Å². The van der Waals surface area contributed by atoms with Crippen LogP contribution >= 0.6 is 11.9 Å². The van der Waals surface area contributed by atoms with Crippen molar-refractivity contribution in [2.75, 3.05) is 6.61 Å². The van der Waals surface area contributed by atoms with Gasteiger partial charge in [-0.2, -0.15) is 5.10 Å². The normalized spacial score (nSPS) is 14.6. The van der Waals surface area contributed by atoms with E-state index in [1.165, 1.54) is 37.8 Å². The fourth-order valence-corrected chi connectivity index (χ4v) is 4.81. The summed E-state index contributed by atoms with van der Waals surface area (Å²) in [5.41, 5.74) is 1.80. The maximum absolute atomic E-state index is 13.1. The molecule has 1 aliphatic rings. The average molecular weight is 464 g/mol. The standard InChI is InChI=1S/C21H24FN3OS.C6H6/c1-15(24-27-20-4-2-3-5-20)14-26-19-10-11-21-16(12-19)13-23-25(21)18-8-6-17(22)7-9-18;1-2-4-6-5-3-1/h6-13,15,20,24H,2-5,14H2,1H3;1-6H. The van der Waals surface area contributed by atoms with Gasteiger partial charge in [-0.25, -0.2) is 9.07 Å². The van der Waals surface area contributed by atoms with Crippen molar-refractivity contribution in [3.63, 3.8) is 0 Å². The Morgan fingerprint density at radius 3 is 2.36 bits per heavy atom. The van der Waals surface area contributed by atoms with Crippen molar-refractivity contribution in [2.24, 2.45) is 0 Å². The molecule has 1 aliphatic carbocycles. The molecular formula is C27H30FN3OS. The number of nitrogens with one attached hydrogen (secondary N) is 1. The zero-order valence-electron chi connectivity index (χ0n) is 18.9. The summed E-state index contributed by atoms with van der Waals surface area (Å²) >= 11 is 1.86. The third kappa shape index (κ3) is 6.83. The van der Waals surface area contributed by atoms with Crippen molar-refractivity contribution < 1.29 is 9.13 Å². The smallest absolute Gasteiger partial charge is 0.123 e. The van der Waals surface area contributed by atoms with Crippen LogP contribution in [0.15, 0.2) is 85.1 Å². The Balaban J connectivity index is 0.000000376. The molecule has 1 saturated carbocycles. The van der Waals surface area contributed by atoms with Crippen LogP contribution in [0.25, 0.3) is 16.6 Å². The third-order valence-electron chi connectivity index (χ3n) is 5.52. The molecule has 0 spiro atoms. The molecule has 1 N–H and O–H groups in total. The van der Waals surface area contributed by atoms with Crippen LogP contribution in [0.2, 0.25) is 0 Å². The first-order valence-electron chi connectivity index (χ1n) is 11.5. The predicted molar refractivity (Wildman–Crippen MR) is 135 cm³/mol. The molecule has 172 valence electrons. The Kier molecular flexibility index (Phi) is 8.39. The van der Waals surface area contributed by atoms with E-state index < -0.39 is 0 Å². The Morgan fingerprint density at radius 2 is 1.70 bits per heavy atom. The highest BCUT2D eigenvalue weighted by atomic mass is 32.2. The van der Waals surface area contributed by atoms with Gasteiger partial charge in [-0.1, -0.05) is 61.2 Å². The van der Waals surface area contributed by atoms with Crippen molar-refractivity contribution >= 4 is 22.9 Å². The minimum Gasteiger partial charge on any atom is -0.492 e. The largest absolute Gasteiger partial charge is 0.492 e. The van der Waals surface area contributed by atoms with E-state index >= 15 is 0 Å². The molecule has 4 nitrogen and oxygen atoms in total. The molecule has 3 aromatic carbocycles. The second-order valence-electron chi connectivity index (χ2n) is 8.26. The van der Waals surface area contributed by atoms with E-state index in [1.54, 1.807) is 16.8 Å². The monoisotopic (exact) mass is 463 g/mol. The van der Waals surface area contributed by atoms with Gasteiger partial charge in [0.1, 0.15) is 18.2 Å². The van der Waals surface area contributed by atoms with Crippen molar-refractivity contribution in [1.82, 2.24) is 14.5 Å². The van der Waals surface area contributed by atoms with Gasteiger partial charge in [0.05, 0.1) is 17.4 Å². The number of halogens is 1. The molecule has 1 unspecified atom stereocenters. The highest BCUT2D eigenvalue weighted by Crippen LogP contribution is 2.28. The summed E-state index contributed by atoms with van der Waals surface area (Å²) in [4.78, 5) is 0. The maximum atomic E-state index is 13.1. The highest BCUT2D eigenvalue weighted by Gasteiger charge is 2.16. The second-order valence-corrected chi connectivity index (χ2v) is 9.40. The van der Waals surface area contributed by atoms with E-state index in [9.17, 15) is 4.39 Å². The first kappa shape index (κ1) is 23.3. The summed E-state index contributed by atoms with van der Waals surface area (Å²) in [6.45, 7) is 2.77. The lowest BCUT2D eigenvalue weighted by atomic mass is 10.2. The number of fused-ring (bicyclic) bond motifs is 1. The van der Waals surface area contributed by atoms with Gasteiger partial charge >= 0.3 is 0 Å². The molecule has 0 amide bonds. The van der Waals surface area contributed by atoms with E-state index in [0.717, 1.165) is 27.6 Å². The number of aromatic nitrogens is 2. The predicted octanol–water partition coefficient (Wildman–Crippen LogP) is 6.80. The molecular weight excluding hydrogens is 433 g/mol. The zero-order valence-corrected chi connectivity index (χ0v) is 19.7. The molecule has 33 heavy (non-hydrogen) atoms. The van der Waals surface area contributed by atoms with E-state index in [1.807, 2.05) is 72.7 Å². The summed E-state index contributed by atoms with van der Waals surface area (Å²) in [6, 6.07) is 24.6. The molecule has 5 rings (SSSR count). The lowest BCUT2D eigenvalue weighted by Crippen LogP contribution is -2.28. The summed E-state index contributed by atoms with van der Waals surface area (Å²) < 4.78 is 24.4. The zero-order chi connectivity index (χ0) is 22.9. The third-order valence-corrected chi connectivity index (χ3v) is 6.86. The summed E-state index contributed by atoms with van der Waals surface area (Å²) in [5, 5.41) is 6.18. The van der Waals surface area contributed by atoms with Gasteiger partial charge in [0.15, 0.2) is 0 Å². The van der Waals surface area contributed by atoms with Gasteiger partial charge < -0.3 is 4.74 Å². The topological polar surface area (TPSA) is 39.1 Å². The number of hydrogen-bond acceptors (Lipinski definition) is 4. The quantitative estimate of drug-likeness (QED) is 0.306. The van der Waals surface area contributed by atoms with Crippen LogP contribution in [-0.4, -0.2) is 27.7 Å². The van der Waals surface area contributed by atoms with Gasteiger partial charge in [0, 0.05) is 16.7 Å². The average Bonchev–Trinajstić information content (AvgIpc) is 3.53. The molecule has 6 heteroatoms. The van der Waals surface area contributed by atoms with Gasteiger partial charge in [0.2, 0.25) is 0 Å². The van der Waals surface area contributed by atoms with E-state index in [2.05, 4.69) is 16.7 Å². The second kappa shape index (κ2) is 11.9. The molecule has 0 saturated heterocycles. The molecule has 0 radical (unpaired) electrons. The molecule has 0 aliphatic heterocycles. The fourth-order valence-electron chi connectivity index (χ4n) is 3.75.